The second kappa shape index (κ2) is 7.92. The van der Waals surface area contributed by atoms with Gasteiger partial charge in [-0.05, 0) is 41.3 Å². The summed E-state index contributed by atoms with van der Waals surface area (Å²) in [5.74, 6) is 0.130. The van der Waals surface area contributed by atoms with Crippen LogP contribution in [0.3, 0.4) is 0 Å². The number of nitrogens with zero attached hydrogens (tertiary/aromatic N) is 1. The Labute approximate surface area is 169 Å². The minimum absolute atomic E-state index is 0.0222. The summed E-state index contributed by atoms with van der Waals surface area (Å²) in [5.41, 5.74) is 3.65. The van der Waals surface area contributed by atoms with E-state index >= 15 is 0 Å². The van der Waals surface area contributed by atoms with Gasteiger partial charge in [0.1, 0.15) is 13.2 Å². The summed E-state index contributed by atoms with van der Waals surface area (Å²) in [4.78, 5) is 25.4. The van der Waals surface area contributed by atoms with Gasteiger partial charge >= 0.3 is 5.97 Å². The van der Waals surface area contributed by atoms with Crippen LogP contribution in [0.25, 0.3) is 21.8 Å². The van der Waals surface area contributed by atoms with E-state index in [0.717, 1.165) is 16.6 Å². The van der Waals surface area contributed by atoms with Gasteiger partial charge in [-0.25, -0.2) is 0 Å². The first-order valence-electron chi connectivity index (χ1n) is 9.79. The van der Waals surface area contributed by atoms with E-state index in [1.54, 1.807) is 12.1 Å². The third-order valence-corrected chi connectivity index (χ3v) is 5.21. The van der Waals surface area contributed by atoms with Crippen LogP contribution in [-0.4, -0.2) is 10.5 Å². The van der Waals surface area contributed by atoms with E-state index in [1.807, 2.05) is 53.1 Å². The molecule has 4 nitrogen and oxygen atoms in total. The number of fused-ring (bicyclic) bond motifs is 2. The van der Waals surface area contributed by atoms with Crippen molar-refractivity contribution in [1.29, 1.82) is 0 Å². The second-order valence-electron chi connectivity index (χ2n) is 7.51. The van der Waals surface area contributed by atoms with Crippen LogP contribution in [0.4, 0.5) is 0 Å². The van der Waals surface area contributed by atoms with Crippen LogP contribution in [0.5, 0.6) is 0 Å². The molecule has 0 aliphatic heterocycles. The highest BCUT2D eigenvalue weighted by molar-refractivity contribution is 5.94. The van der Waals surface area contributed by atoms with Crippen molar-refractivity contribution in [2.45, 2.75) is 32.9 Å². The number of esters is 1. The molecule has 3 aromatic carbocycles. The van der Waals surface area contributed by atoms with Gasteiger partial charge in [-0.2, -0.15) is 0 Å². The standard InChI is InChI=1S/C25H23NO3/c1-17(2)19-13-11-18(12-14-19)16-29-24(27)15-26-22-9-5-3-7-20(22)25(28)21-8-4-6-10-23(21)26/h3-14,17H,15-16H2,1-2H3. The van der Waals surface area contributed by atoms with Crippen LogP contribution >= 0.6 is 0 Å². The quantitative estimate of drug-likeness (QED) is 0.358. The van der Waals surface area contributed by atoms with Crippen molar-refractivity contribution in [3.05, 3.63) is 94.1 Å². The normalized spacial score (nSPS) is 11.3. The first kappa shape index (κ1) is 18.9. The van der Waals surface area contributed by atoms with Crippen LogP contribution in [0, 0.1) is 0 Å². The molecule has 0 N–H and O–H groups in total. The Bertz CT molecular complexity index is 1180. The van der Waals surface area contributed by atoms with E-state index in [-0.39, 0.29) is 24.5 Å². The number of pyridine rings is 1. The van der Waals surface area contributed by atoms with E-state index in [4.69, 9.17) is 4.74 Å². The molecule has 146 valence electrons. The number of carbonyl (C=O) groups excluding carboxylic acids is 1. The number of benzene rings is 3. The zero-order valence-electron chi connectivity index (χ0n) is 16.6. The summed E-state index contributed by atoms with van der Waals surface area (Å²) in [6, 6.07) is 22.8. The maximum Gasteiger partial charge on any atom is 0.326 e. The fraction of sp³-hybridized carbons (Fsp3) is 0.200. The van der Waals surface area contributed by atoms with E-state index in [0.29, 0.717) is 16.7 Å². The summed E-state index contributed by atoms with van der Waals surface area (Å²) < 4.78 is 7.38. The van der Waals surface area contributed by atoms with Crippen molar-refractivity contribution in [3.8, 4) is 0 Å². The number of rotatable bonds is 5. The number of carbonyl (C=O) groups is 1. The first-order valence-corrected chi connectivity index (χ1v) is 9.79. The number of para-hydroxylation sites is 2. The van der Waals surface area contributed by atoms with Crippen molar-refractivity contribution < 1.29 is 9.53 Å². The van der Waals surface area contributed by atoms with Crippen LogP contribution in [-0.2, 0) is 22.7 Å². The van der Waals surface area contributed by atoms with Crippen LogP contribution in [0.2, 0.25) is 0 Å². The minimum atomic E-state index is -0.336. The Morgan fingerprint density at radius 2 is 1.41 bits per heavy atom. The van der Waals surface area contributed by atoms with Crippen molar-refractivity contribution in [2.75, 3.05) is 0 Å². The molecule has 0 bridgehead atoms. The summed E-state index contributed by atoms with van der Waals surface area (Å²) >= 11 is 0. The topological polar surface area (TPSA) is 48.3 Å². The molecule has 0 aliphatic rings. The van der Waals surface area contributed by atoms with Gasteiger partial charge in [0.05, 0.1) is 11.0 Å². The predicted octanol–water partition coefficient (Wildman–Crippen LogP) is 5.02. The highest BCUT2D eigenvalue weighted by Gasteiger charge is 2.13. The molecular formula is C25H23NO3. The van der Waals surface area contributed by atoms with Crippen LogP contribution in [0.1, 0.15) is 30.9 Å². The van der Waals surface area contributed by atoms with Crippen molar-refractivity contribution in [3.63, 3.8) is 0 Å². The molecule has 29 heavy (non-hydrogen) atoms. The lowest BCUT2D eigenvalue weighted by molar-refractivity contribution is -0.145. The molecule has 0 amide bonds. The summed E-state index contributed by atoms with van der Waals surface area (Å²) in [5, 5.41) is 1.20. The predicted molar refractivity (Wildman–Crippen MR) is 116 cm³/mol. The van der Waals surface area contributed by atoms with Crippen molar-refractivity contribution >= 4 is 27.8 Å². The number of aromatic nitrogens is 1. The minimum Gasteiger partial charge on any atom is -0.459 e. The SMILES string of the molecule is CC(C)c1ccc(COC(=O)Cn2c3ccccc3c(=O)c3ccccc32)cc1. The van der Waals surface area contributed by atoms with Gasteiger partial charge < -0.3 is 9.30 Å². The summed E-state index contributed by atoms with van der Waals surface area (Å²) in [6.07, 6.45) is 0. The van der Waals surface area contributed by atoms with E-state index in [2.05, 4.69) is 26.0 Å². The van der Waals surface area contributed by atoms with E-state index in [1.165, 1.54) is 5.56 Å². The van der Waals surface area contributed by atoms with Gasteiger partial charge in [0, 0.05) is 10.8 Å². The molecule has 4 heteroatoms. The van der Waals surface area contributed by atoms with E-state index in [9.17, 15) is 9.59 Å². The van der Waals surface area contributed by atoms with Gasteiger partial charge in [-0.1, -0.05) is 62.4 Å². The second-order valence-corrected chi connectivity index (χ2v) is 7.51. The molecule has 0 saturated carbocycles. The van der Waals surface area contributed by atoms with Gasteiger partial charge in [0.15, 0.2) is 5.43 Å². The molecule has 0 radical (unpaired) electrons. The number of ether oxygens (including phenoxy) is 1. The Balaban J connectivity index is 1.60. The van der Waals surface area contributed by atoms with Gasteiger partial charge in [0.2, 0.25) is 0 Å². The number of hydrogen-bond acceptors (Lipinski definition) is 3. The maximum atomic E-state index is 12.8. The average Bonchev–Trinajstić information content (AvgIpc) is 2.75. The zero-order valence-corrected chi connectivity index (χ0v) is 16.6. The first-order chi connectivity index (χ1) is 14.0. The average molecular weight is 385 g/mol. The van der Waals surface area contributed by atoms with Crippen LogP contribution < -0.4 is 5.43 Å². The van der Waals surface area contributed by atoms with Crippen molar-refractivity contribution in [2.24, 2.45) is 0 Å². The highest BCUT2D eigenvalue weighted by Crippen LogP contribution is 2.19. The summed E-state index contributed by atoms with van der Waals surface area (Å²) in [7, 11) is 0. The monoisotopic (exact) mass is 385 g/mol. The molecule has 0 fully saturated rings. The smallest absolute Gasteiger partial charge is 0.326 e. The van der Waals surface area contributed by atoms with Gasteiger partial charge in [-0.3, -0.25) is 9.59 Å². The number of hydrogen-bond donors (Lipinski definition) is 0. The lowest BCUT2D eigenvalue weighted by Crippen LogP contribution is -2.18. The third-order valence-electron chi connectivity index (χ3n) is 5.21. The molecule has 1 aromatic heterocycles. The van der Waals surface area contributed by atoms with Gasteiger partial charge in [0.25, 0.3) is 0 Å². The fourth-order valence-corrected chi connectivity index (χ4v) is 3.58. The van der Waals surface area contributed by atoms with Crippen LogP contribution in [0.15, 0.2) is 77.6 Å². The third kappa shape index (κ3) is 3.79. The summed E-state index contributed by atoms with van der Waals surface area (Å²) in [6.45, 7) is 4.57. The lowest BCUT2D eigenvalue weighted by Gasteiger charge is -2.15. The molecular weight excluding hydrogens is 362 g/mol. The zero-order chi connectivity index (χ0) is 20.4. The van der Waals surface area contributed by atoms with Gasteiger partial charge in [-0.15, -0.1) is 0 Å². The molecule has 0 saturated heterocycles. The Morgan fingerprint density at radius 3 is 1.97 bits per heavy atom. The maximum absolute atomic E-state index is 12.8. The highest BCUT2D eigenvalue weighted by atomic mass is 16.5. The molecule has 0 spiro atoms. The molecule has 0 atom stereocenters. The fourth-order valence-electron chi connectivity index (χ4n) is 3.58. The molecule has 4 rings (SSSR count). The lowest BCUT2D eigenvalue weighted by atomic mass is 10.0. The molecule has 0 aliphatic carbocycles. The Kier molecular flexibility index (Phi) is 5.17. The molecule has 0 unspecified atom stereocenters. The Hall–Kier alpha value is -3.40. The van der Waals surface area contributed by atoms with E-state index < -0.39 is 0 Å². The molecule has 1 heterocycles. The Morgan fingerprint density at radius 1 is 0.862 bits per heavy atom. The van der Waals surface area contributed by atoms with Crippen molar-refractivity contribution in [1.82, 2.24) is 4.57 Å². The molecule has 4 aromatic rings. The largest absolute Gasteiger partial charge is 0.459 e.